The van der Waals surface area contributed by atoms with Gasteiger partial charge in [-0.05, 0) is 53.8 Å². The van der Waals surface area contributed by atoms with Gasteiger partial charge in [-0.15, -0.1) is 0 Å². The molecule has 1 fully saturated rings. The van der Waals surface area contributed by atoms with E-state index in [0.29, 0.717) is 30.2 Å². The molecule has 1 unspecified atom stereocenters. The predicted molar refractivity (Wildman–Crippen MR) is 191 cm³/mol. The van der Waals surface area contributed by atoms with Crippen molar-refractivity contribution >= 4 is 21.7 Å². The van der Waals surface area contributed by atoms with Gasteiger partial charge in [0.1, 0.15) is 24.1 Å². The van der Waals surface area contributed by atoms with Crippen molar-refractivity contribution in [3.05, 3.63) is 114 Å². The van der Waals surface area contributed by atoms with E-state index in [9.17, 15) is 36.3 Å². The zero-order valence-corrected chi connectivity index (χ0v) is 29.7. The van der Waals surface area contributed by atoms with E-state index in [1.807, 2.05) is 46.6 Å². The second-order valence-electron chi connectivity index (χ2n) is 13.7. The van der Waals surface area contributed by atoms with Crippen molar-refractivity contribution in [1.29, 1.82) is 0 Å². The van der Waals surface area contributed by atoms with Crippen molar-refractivity contribution in [2.45, 2.75) is 49.5 Å². The minimum absolute atomic E-state index is 0.0392. The summed E-state index contributed by atoms with van der Waals surface area (Å²) in [6.45, 7) is -0.512. The number of carbonyl (C=O) groups is 2. The van der Waals surface area contributed by atoms with E-state index < -0.39 is 58.5 Å². The number of aliphatic hydroxyl groups is 1. The Morgan fingerprint density at radius 3 is 2.53 bits per heavy atom. The Kier molecular flexibility index (Phi) is 12.0. The number of β-amino-alcohol motifs (C(OH)–C–C–N with tert-alkyl or cyclic N) is 1. The molecule has 6 rings (SSSR count). The molecule has 11 nitrogen and oxygen atoms in total. The average molecular weight is 754 g/mol. The first-order chi connectivity index (χ1) is 25.3. The van der Waals surface area contributed by atoms with Crippen LogP contribution in [0.25, 0.3) is 11.3 Å². The monoisotopic (exact) mass is 753 g/mol. The molecule has 53 heavy (non-hydrogen) atoms. The van der Waals surface area contributed by atoms with Crippen molar-refractivity contribution in [3.63, 3.8) is 0 Å². The molecule has 15 heteroatoms. The fraction of sp³-hybridized carbons (Fsp3) is 0.395. The average Bonchev–Trinajstić information content (AvgIpc) is 3.59. The second-order valence-corrected chi connectivity index (χ2v) is 15.8. The minimum Gasteiger partial charge on any atom is -0.460 e. The molecule has 1 saturated heterocycles. The molecule has 0 radical (unpaired) electrons. The van der Waals surface area contributed by atoms with Crippen LogP contribution in [0, 0.1) is 5.92 Å². The molecule has 0 spiro atoms. The molecule has 4 heterocycles. The maximum absolute atomic E-state index is 13.9. The number of rotatable bonds is 13. The molecule has 0 bridgehead atoms. The Bertz CT molecular complexity index is 1960. The maximum Gasteiger partial charge on any atom is 0.405 e. The van der Waals surface area contributed by atoms with Crippen LogP contribution >= 0.6 is 0 Å². The first-order valence-corrected chi connectivity index (χ1v) is 19.2. The Morgan fingerprint density at radius 2 is 1.77 bits per heavy atom. The van der Waals surface area contributed by atoms with E-state index >= 15 is 0 Å². The fourth-order valence-electron chi connectivity index (χ4n) is 7.05. The number of nitrogens with zero attached hydrogens (tertiary/aromatic N) is 3. The smallest absolute Gasteiger partial charge is 0.405 e. The molecule has 2 amide bonds. The van der Waals surface area contributed by atoms with Crippen LogP contribution in [0.5, 0.6) is 0 Å². The summed E-state index contributed by atoms with van der Waals surface area (Å²) in [7, 11) is -3.47. The first-order valence-electron chi connectivity index (χ1n) is 17.4. The Morgan fingerprint density at radius 1 is 1.00 bits per heavy atom. The maximum atomic E-state index is 13.9. The number of amides is 2. The highest BCUT2D eigenvalue weighted by atomic mass is 32.2. The molecule has 3 N–H and O–H groups in total. The second kappa shape index (κ2) is 16.6. The molecule has 4 aromatic rings. The number of carbonyl (C=O) groups excluding carboxylic acids is 2. The lowest BCUT2D eigenvalue weighted by Crippen LogP contribution is -2.60. The van der Waals surface area contributed by atoms with Crippen LogP contribution in [0.1, 0.15) is 34.9 Å². The van der Waals surface area contributed by atoms with Gasteiger partial charge in [0.15, 0.2) is 9.84 Å². The molecule has 2 aliphatic heterocycles. The van der Waals surface area contributed by atoms with Gasteiger partial charge in [0.2, 0.25) is 11.8 Å². The largest absolute Gasteiger partial charge is 0.460 e. The third kappa shape index (κ3) is 10.5. The number of hydrogen-bond acceptors (Lipinski definition) is 9. The van der Waals surface area contributed by atoms with Crippen molar-refractivity contribution < 1.29 is 40.7 Å². The molecule has 0 aliphatic carbocycles. The summed E-state index contributed by atoms with van der Waals surface area (Å²) >= 11 is 0. The van der Waals surface area contributed by atoms with E-state index in [4.69, 9.17) is 4.42 Å². The molecule has 4 atom stereocenters. The van der Waals surface area contributed by atoms with Gasteiger partial charge in [-0.1, -0.05) is 54.6 Å². The number of aliphatic hydroxyl groups excluding tert-OH is 1. The zero-order chi connectivity index (χ0) is 37.6. The Hall–Kier alpha value is -4.57. The number of fused-ring (bicyclic) bond motifs is 1. The number of alkyl halides is 3. The fourth-order valence-corrected chi connectivity index (χ4v) is 8.67. The van der Waals surface area contributed by atoms with Crippen LogP contribution in [0.2, 0.25) is 0 Å². The number of halogens is 3. The summed E-state index contributed by atoms with van der Waals surface area (Å²) in [5.41, 5.74) is 2.97. The number of furan rings is 1. The molecule has 2 aromatic heterocycles. The van der Waals surface area contributed by atoms with E-state index in [-0.39, 0.29) is 44.0 Å². The first kappa shape index (κ1) is 38.2. The Balaban J connectivity index is 1.15. The van der Waals surface area contributed by atoms with Gasteiger partial charge in [-0.25, -0.2) is 8.42 Å². The van der Waals surface area contributed by atoms with Gasteiger partial charge in [-0.2, -0.15) is 13.2 Å². The summed E-state index contributed by atoms with van der Waals surface area (Å²) in [6, 6.07) is 21.7. The number of sulfone groups is 1. The zero-order valence-electron chi connectivity index (χ0n) is 28.9. The lowest BCUT2D eigenvalue weighted by Gasteiger charge is -2.41. The topological polar surface area (TPSA) is 145 Å². The van der Waals surface area contributed by atoms with Crippen LogP contribution in [-0.2, 0) is 38.1 Å². The van der Waals surface area contributed by atoms with Crippen molar-refractivity contribution in [2.24, 2.45) is 5.92 Å². The van der Waals surface area contributed by atoms with Crippen molar-refractivity contribution in [1.82, 2.24) is 25.4 Å². The Labute approximate surface area is 306 Å². The number of pyridine rings is 1. The summed E-state index contributed by atoms with van der Waals surface area (Å²) in [4.78, 5) is 34.8. The highest BCUT2D eigenvalue weighted by Gasteiger charge is 2.38. The lowest BCUT2D eigenvalue weighted by atomic mass is 9.91. The molecular weight excluding hydrogens is 712 g/mol. The van der Waals surface area contributed by atoms with Gasteiger partial charge in [-0.3, -0.25) is 24.4 Å². The summed E-state index contributed by atoms with van der Waals surface area (Å²) in [5.74, 6) is -1.19. The summed E-state index contributed by atoms with van der Waals surface area (Å²) in [6.07, 6.45) is -2.23. The van der Waals surface area contributed by atoms with E-state index in [2.05, 4.69) is 10.3 Å². The van der Waals surface area contributed by atoms with Gasteiger partial charge in [0, 0.05) is 50.1 Å². The van der Waals surface area contributed by atoms with Gasteiger partial charge in [0.25, 0.3) is 0 Å². The summed E-state index contributed by atoms with van der Waals surface area (Å²) in [5, 5.41) is 16.4. The van der Waals surface area contributed by atoms with Crippen LogP contribution in [0.15, 0.2) is 95.7 Å². The number of piperazine rings is 1. The van der Waals surface area contributed by atoms with E-state index in [0.717, 1.165) is 16.7 Å². The summed E-state index contributed by atoms with van der Waals surface area (Å²) < 4.78 is 70.8. The van der Waals surface area contributed by atoms with E-state index in [1.165, 1.54) is 0 Å². The standard InChI is InChI=1S/C38H42F3N5O6S/c39-38(40,41)25-43-37(49)34-22-45(21-31-12-13-35(52-31)27-10-6-14-42-19-27)15-16-46(34)20-30(47)18-29(17-26-7-2-1-3-8-26)36(48)44-33-24-53(50,51)23-28-9-4-5-11-32(28)33/h1-14,19,29-30,33-34,47H,15-18,20-25H2,(H,43,49)(H,44,48)/t29-,30+,33?,34+/m1/s1. The predicted octanol–water partition coefficient (Wildman–Crippen LogP) is 3.90. The van der Waals surface area contributed by atoms with Crippen LogP contribution in [0.4, 0.5) is 13.2 Å². The van der Waals surface area contributed by atoms with Gasteiger partial charge < -0.3 is 20.2 Å². The SMILES string of the molecule is O=C(NC1CS(=O)(=O)Cc2ccccc21)[C@H](Cc1ccccc1)C[C@H](O)CN1CCN(Cc2ccc(-c3cccnc3)o2)C[C@H]1C(=O)NCC(F)(F)F. The quantitative estimate of drug-likeness (QED) is 0.185. The van der Waals surface area contributed by atoms with Crippen LogP contribution in [0.3, 0.4) is 0 Å². The third-order valence-electron chi connectivity index (χ3n) is 9.57. The van der Waals surface area contributed by atoms with Crippen molar-refractivity contribution in [3.8, 4) is 11.3 Å². The third-order valence-corrected chi connectivity index (χ3v) is 11.2. The number of nitrogens with one attached hydrogen (secondary N) is 2. The normalized spacial score (nSPS) is 20.2. The molecule has 282 valence electrons. The number of hydrogen-bond donors (Lipinski definition) is 3. The highest BCUT2D eigenvalue weighted by Crippen LogP contribution is 2.29. The number of aromatic nitrogens is 1. The molecular formula is C38H42F3N5O6S. The molecule has 2 aromatic carbocycles. The van der Waals surface area contributed by atoms with Crippen LogP contribution in [-0.4, -0.2) is 96.9 Å². The molecule has 2 aliphatic rings. The molecule has 0 saturated carbocycles. The lowest BCUT2D eigenvalue weighted by molar-refractivity contribution is -0.143. The minimum atomic E-state index is -4.61. The number of benzene rings is 2. The van der Waals surface area contributed by atoms with Crippen molar-refractivity contribution in [2.75, 3.05) is 38.5 Å². The highest BCUT2D eigenvalue weighted by molar-refractivity contribution is 7.90. The van der Waals surface area contributed by atoms with E-state index in [1.54, 1.807) is 59.8 Å². The van der Waals surface area contributed by atoms with Gasteiger partial charge in [0.05, 0.1) is 30.2 Å². The van der Waals surface area contributed by atoms with Crippen LogP contribution < -0.4 is 10.6 Å². The van der Waals surface area contributed by atoms with Gasteiger partial charge >= 0.3 is 6.18 Å².